The molecule has 6 amide bonds. The van der Waals surface area contributed by atoms with Crippen LogP contribution in [0.2, 0.25) is 0 Å². The minimum Gasteiger partial charge on any atom is -0.497 e. The fourth-order valence-corrected chi connectivity index (χ4v) is 16.8. The van der Waals surface area contributed by atoms with E-state index in [4.69, 9.17) is 9.47 Å². The molecule has 5 saturated carbocycles. The molecular weight excluding hydrogens is 1150 g/mol. The third kappa shape index (κ3) is 13.4. The SMILES string of the molecule is CN(C)C1(c2cccc(F)c2)CCC2(CC1)CNC(=O)N2CC1CCC1.COc1ccc(CN2CC3(CCC(c4cccc(F)c4)(N(C)C)CC3)N(CC3CCC3)C2=O)cc1.COc1ccc(CN2CC3(CCC(c4cccc(F)c4)(N(C)C)CC3)NC2=O)cc1. The summed E-state index contributed by atoms with van der Waals surface area (Å²) in [5.41, 5.74) is 4.34. The molecule has 5 aliphatic carbocycles. The minimum absolute atomic E-state index is 0.00562. The van der Waals surface area contributed by atoms with E-state index < -0.39 is 0 Å². The van der Waals surface area contributed by atoms with Gasteiger partial charge in [-0.15, -0.1) is 0 Å². The van der Waals surface area contributed by atoms with Gasteiger partial charge in [-0.2, -0.15) is 0 Å². The summed E-state index contributed by atoms with van der Waals surface area (Å²) >= 11 is 0. The lowest BCUT2D eigenvalue weighted by Crippen LogP contribution is -2.56. The van der Waals surface area contributed by atoms with Gasteiger partial charge in [-0.1, -0.05) is 73.5 Å². The number of hydrogen-bond donors (Lipinski definition) is 2. The second-order valence-corrected chi connectivity index (χ2v) is 28.6. The third-order valence-corrected chi connectivity index (χ3v) is 23.2. The minimum atomic E-state index is -0.212. The number of nitrogens with zero attached hydrogens (tertiary/aromatic N) is 7. The molecule has 2 N–H and O–H groups in total. The van der Waals surface area contributed by atoms with Gasteiger partial charge in [0.25, 0.3) is 0 Å². The summed E-state index contributed by atoms with van der Waals surface area (Å²) in [5, 5.41) is 6.37. The zero-order valence-electron chi connectivity index (χ0n) is 55.2. The maximum absolute atomic E-state index is 14.2. The summed E-state index contributed by atoms with van der Waals surface area (Å²) in [4.78, 5) is 54.0. The predicted molar refractivity (Wildman–Crippen MR) is 351 cm³/mol. The normalized spacial score (nSPS) is 28.3. The van der Waals surface area contributed by atoms with Gasteiger partial charge in [0.05, 0.1) is 30.8 Å². The van der Waals surface area contributed by atoms with Gasteiger partial charge in [0.15, 0.2) is 0 Å². The van der Waals surface area contributed by atoms with Crippen molar-refractivity contribution in [3.05, 3.63) is 167 Å². The van der Waals surface area contributed by atoms with Gasteiger partial charge in [-0.05, 0) is 245 Å². The average Bonchev–Trinajstić information content (AvgIpc) is 1.86. The van der Waals surface area contributed by atoms with Crippen LogP contribution in [0.1, 0.15) is 143 Å². The fourth-order valence-electron chi connectivity index (χ4n) is 16.8. The molecule has 490 valence electrons. The second kappa shape index (κ2) is 27.0. The van der Waals surface area contributed by atoms with Crippen LogP contribution in [0.15, 0.2) is 121 Å². The number of urea groups is 3. The van der Waals surface area contributed by atoms with Gasteiger partial charge in [-0.3, -0.25) is 14.7 Å². The Morgan fingerprint density at radius 2 is 0.868 bits per heavy atom. The highest BCUT2D eigenvalue weighted by Crippen LogP contribution is 2.52. The smallest absolute Gasteiger partial charge is 0.320 e. The predicted octanol–water partition coefficient (Wildman–Crippen LogP) is 13.5. The zero-order chi connectivity index (χ0) is 64.3. The Balaban J connectivity index is 0.000000142. The standard InChI is InChI=1S/C29H38FN3O2.C24H30FN3O2.C21H30FN3O/c1-31(2)29(24-8-5-9-25(30)18-24)16-14-28(15-17-29)21-32(19-23-10-12-26(35-3)13-11-23)27(34)33(28)20-22-6-4-7-22;1-27(2)24(19-5-4-6-20(25)15-19)13-11-23(12-14-24)17-28(22(29)26-23)16-18-7-9-21(30-3)10-8-18;1-24(2)21(17-7-4-8-18(22)13-17)11-9-20(10-12-21)15-23-19(26)25(20)14-16-5-3-6-16/h5,8-13,18,22H,4,6-7,14-17,19-21H2,1-3H3;4-10,15H,11-14,16-17H2,1-3H3,(H,26,29);4,7-8,13,16H,3,5-6,9-12,14-15H2,1-2H3,(H,23,26). The van der Waals surface area contributed by atoms with Crippen molar-refractivity contribution in [3.8, 4) is 11.5 Å². The summed E-state index contributed by atoms with van der Waals surface area (Å²) < 4.78 is 52.5. The quantitative estimate of drug-likeness (QED) is 0.100. The molecule has 17 heteroatoms. The fraction of sp³-hybridized carbons (Fsp3) is 0.554. The van der Waals surface area contributed by atoms with Gasteiger partial charge in [0.1, 0.15) is 29.0 Å². The number of amides is 6. The number of carbonyl (C=O) groups is 3. The van der Waals surface area contributed by atoms with Gasteiger partial charge in [0.2, 0.25) is 0 Å². The van der Waals surface area contributed by atoms with Crippen molar-refractivity contribution in [1.82, 2.24) is 44.9 Å². The van der Waals surface area contributed by atoms with Crippen molar-refractivity contribution >= 4 is 18.1 Å². The molecule has 91 heavy (non-hydrogen) atoms. The molecule has 8 aliphatic rings. The van der Waals surface area contributed by atoms with Crippen molar-refractivity contribution in [2.45, 2.75) is 162 Å². The van der Waals surface area contributed by atoms with E-state index in [1.54, 1.807) is 38.5 Å². The Morgan fingerprint density at radius 3 is 1.25 bits per heavy atom. The Bertz CT molecular complexity index is 3310. The first-order valence-electron chi connectivity index (χ1n) is 33.4. The second-order valence-electron chi connectivity index (χ2n) is 28.6. The van der Waals surface area contributed by atoms with Gasteiger partial charge < -0.3 is 39.7 Å². The van der Waals surface area contributed by atoms with E-state index in [1.807, 2.05) is 70.5 Å². The largest absolute Gasteiger partial charge is 0.497 e. The number of carbonyl (C=O) groups excluding carboxylic acids is 3. The van der Waals surface area contributed by atoms with Crippen molar-refractivity contribution < 1.29 is 37.0 Å². The van der Waals surface area contributed by atoms with Crippen molar-refractivity contribution in [2.75, 3.05) is 89.2 Å². The van der Waals surface area contributed by atoms with Gasteiger partial charge >= 0.3 is 18.1 Å². The number of nitrogens with one attached hydrogen (secondary N) is 2. The molecule has 3 spiro atoms. The lowest BCUT2D eigenvalue weighted by Gasteiger charge is -2.51. The lowest BCUT2D eigenvalue weighted by atomic mass is 9.68. The first-order valence-corrected chi connectivity index (χ1v) is 33.4. The highest BCUT2D eigenvalue weighted by molar-refractivity contribution is 5.79. The van der Waals surface area contributed by atoms with Crippen molar-refractivity contribution in [3.63, 3.8) is 0 Å². The van der Waals surface area contributed by atoms with Crippen molar-refractivity contribution in [2.24, 2.45) is 11.8 Å². The van der Waals surface area contributed by atoms with E-state index in [2.05, 4.69) is 95.6 Å². The molecule has 0 unspecified atom stereocenters. The van der Waals surface area contributed by atoms with Crippen LogP contribution in [-0.2, 0) is 29.7 Å². The van der Waals surface area contributed by atoms with E-state index in [9.17, 15) is 27.6 Å². The Morgan fingerprint density at radius 1 is 0.473 bits per heavy atom. The number of rotatable bonds is 16. The zero-order valence-corrected chi connectivity index (χ0v) is 55.2. The highest BCUT2D eigenvalue weighted by Gasteiger charge is 2.56. The van der Waals surface area contributed by atoms with Crippen LogP contribution in [0.25, 0.3) is 0 Å². The van der Waals surface area contributed by atoms with Crippen LogP contribution >= 0.6 is 0 Å². The number of methoxy groups -OCH3 is 2. The molecule has 3 aliphatic heterocycles. The number of halogens is 3. The molecule has 0 radical (unpaired) electrons. The summed E-state index contributed by atoms with van der Waals surface area (Å²) in [6.07, 6.45) is 18.5. The molecule has 5 aromatic rings. The molecule has 13 rings (SSSR count). The molecule has 0 bridgehead atoms. The van der Waals surface area contributed by atoms with E-state index in [0.29, 0.717) is 31.5 Å². The summed E-state index contributed by atoms with van der Waals surface area (Å²) in [5.74, 6) is 2.39. The first-order chi connectivity index (χ1) is 43.7. The molecule has 0 atom stereocenters. The lowest BCUT2D eigenvalue weighted by molar-refractivity contribution is 0.0157. The molecular formula is C74H98F3N9O5. The highest BCUT2D eigenvalue weighted by atomic mass is 19.1. The monoisotopic (exact) mass is 1250 g/mol. The first kappa shape index (κ1) is 65.7. The summed E-state index contributed by atoms with van der Waals surface area (Å²) in [7, 11) is 15.8. The molecule has 8 fully saturated rings. The average molecular weight is 1250 g/mol. The van der Waals surface area contributed by atoms with Crippen LogP contribution in [-0.4, -0.2) is 158 Å². The van der Waals surface area contributed by atoms with E-state index in [0.717, 1.165) is 143 Å². The van der Waals surface area contributed by atoms with Crippen molar-refractivity contribution in [1.29, 1.82) is 0 Å². The van der Waals surface area contributed by atoms with Gasteiger partial charge in [0, 0.05) is 62.4 Å². The third-order valence-electron chi connectivity index (χ3n) is 23.2. The molecule has 0 aromatic heterocycles. The maximum Gasteiger partial charge on any atom is 0.320 e. The summed E-state index contributed by atoms with van der Waals surface area (Å²) in [6.45, 7) is 5.19. The molecule has 14 nitrogen and oxygen atoms in total. The maximum atomic E-state index is 14.2. The molecule has 5 aromatic carbocycles. The Labute approximate surface area is 538 Å². The number of benzene rings is 5. The van der Waals surface area contributed by atoms with Gasteiger partial charge in [-0.25, -0.2) is 27.6 Å². The number of ether oxygens (including phenoxy) is 2. The Hall–Kier alpha value is -6.82. The van der Waals surface area contributed by atoms with Crippen LogP contribution in [0.4, 0.5) is 27.6 Å². The topological polar surface area (TPSA) is 116 Å². The van der Waals surface area contributed by atoms with Crippen LogP contribution in [0.5, 0.6) is 11.5 Å². The number of hydrogen-bond acceptors (Lipinski definition) is 8. The van der Waals surface area contributed by atoms with Crippen LogP contribution in [0, 0.1) is 29.3 Å². The van der Waals surface area contributed by atoms with Crippen LogP contribution in [0.3, 0.4) is 0 Å². The summed E-state index contributed by atoms with van der Waals surface area (Å²) in [6, 6.07) is 37.2. The Kier molecular flexibility index (Phi) is 19.5. The van der Waals surface area contributed by atoms with E-state index >= 15 is 0 Å². The molecule has 3 heterocycles. The van der Waals surface area contributed by atoms with E-state index in [1.165, 1.54) is 56.7 Å². The van der Waals surface area contributed by atoms with E-state index in [-0.39, 0.29) is 68.8 Å². The molecule has 3 saturated heterocycles. The van der Waals surface area contributed by atoms with Crippen LogP contribution < -0.4 is 20.1 Å².